The van der Waals surface area contributed by atoms with Crippen molar-refractivity contribution < 1.29 is 18.3 Å². The number of nitrogens with two attached hydrogens (primary N) is 1. The molecule has 108 valence electrons. The Morgan fingerprint density at radius 3 is 2.33 bits per heavy atom. The molecule has 18 heavy (non-hydrogen) atoms. The summed E-state index contributed by atoms with van der Waals surface area (Å²) in [4.78, 5) is 12.4. The van der Waals surface area contributed by atoms with E-state index in [1.165, 1.54) is 7.05 Å². The van der Waals surface area contributed by atoms with Crippen LogP contribution in [-0.2, 0) is 15.0 Å². The topological polar surface area (TPSA) is 116 Å². The maximum Gasteiger partial charge on any atom is 0.321 e. The third-order valence-corrected chi connectivity index (χ3v) is 3.83. The highest BCUT2D eigenvalue weighted by Crippen LogP contribution is 1.96. The number of nitrogens with one attached hydrogen (secondary N) is 1. The molecule has 0 aliphatic carbocycles. The van der Waals surface area contributed by atoms with Gasteiger partial charge in [-0.3, -0.25) is 4.79 Å². The molecule has 8 nitrogen and oxygen atoms in total. The first-order valence-corrected chi connectivity index (χ1v) is 6.95. The number of rotatable bonds is 9. The van der Waals surface area contributed by atoms with Crippen molar-refractivity contribution in [1.82, 2.24) is 13.9 Å². The molecule has 0 aliphatic heterocycles. The molecule has 4 N–H and O–H groups in total. The van der Waals surface area contributed by atoms with Crippen LogP contribution in [0.5, 0.6) is 0 Å². The Morgan fingerprint density at radius 2 is 1.89 bits per heavy atom. The molecule has 0 unspecified atom stereocenters. The summed E-state index contributed by atoms with van der Waals surface area (Å²) >= 11 is 0. The summed E-state index contributed by atoms with van der Waals surface area (Å²) in [6, 6.07) is -1.24. The number of nitrogens with zero attached hydrogens (tertiary/aromatic N) is 2. The molecule has 0 heterocycles. The molecular weight excluding hydrogens is 260 g/mol. The fraction of sp³-hybridized carbons (Fsp3) is 0.889. The summed E-state index contributed by atoms with van der Waals surface area (Å²) in [7, 11) is 1.57. The van der Waals surface area contributed by atoms with Crippen LogP contribution in [0.15, 0.2) is 0 Å². The summed E-state index contributed by atoms with van der Waals surface area (Å²) in [6.45, 7) is 0.806. The predicted molar refractivity (Wildman–Crippen MR) is 68.3 cm³/mol. The maximum absolute atomic E-state index is 11.7. The third kappa shape index (κ3) is 6.87. The van der Waals surface area contributed by atoms with Crippen LogP contribution in [0.1, 0.15) is 6.42 Å². The highest BCUT2D eigenvalue weighted by molar-refractivity contribution is 7.87. The lowest BCUT2D eigenvalue weighted by Crippen LogP contribution is -2.47. The van der Waals surface area contributed by atoms with Gasteiger partial charge in [0.15, 0.2) is 0 Å². The highest BCUT2D eigenvalue weighted by Gasteiger charge is 2.20. The van der Waals surface area contributed by atoms with Gasteiger partial charge in [0.05, 0.1) is 0 Å². The minimum atomic E-state index is -3.67. The van der Waals surface area contributed by atoms with Gasteiger partial charge in [-0.15, -0.1) is 0 Å². The second kappa shape index (κ2) is 7.64. The minimum absolute atomic E-state index is 0.324. The monoisotopic (exact) mass is 282 g/mol. The van der Waals surface area contributed by atoms with Crippen molar-refractivity contribution in [3.8, 4) is 0 Å². The van der Waals surface area contributed by atoms with E-state index in [-0.39, 0.29) is 6.54 Å². The van der Waals surface area contributed by atoms with Gasteiger partial charge < -0.3 is 15.7 Å². The van der Waals surface area contributed by atoms with Crippen LogP contribution in [0.2, 0.25) is 0 Å². The van der Waals surface area contributed by atoms with Crippen molar-refractivity contribution in [2.45, 2.75) is 12.5 Å². The van der Waals surface area contributed by atoms with Gasteiger partial charge >= 0.3 is 5.97 Å². The van der Waals surface area contributed by atoms with Crippen molar-refractivity contribution in [2.75, 3.05) is 40.8 Å². The van der Waals surface area contributed by atoms with E-state index in [4.69, 9.17) is 10.8 Å². The van der Waals surface area contributed by atoms with Gasteiger partial charge in [0.1, 0.15) is 6.04 Å². The zero-order chi connectivity index (χ0) is 14.3. The van der Waals surface area contributed by atoms with E-state index in [0.29, 0.717) is 13.0 Å². The fourth-order valence-corrected chi connectivity index (χ4v) is 2.10. The average Bonchev–Trinajstić information content (AvgIpc) is 2.25. The van der Waals surface area contributed by atoms with E-state index in [1.54, 1.807) is 0 Å². The maximum atomic E-state index is 11.7. The Balaban J connectivity index is 4.15. The van der Waals surface area contributed by atoms with Crippen molar-refractivity contribution in [3.05, 3.63) is 0 Å². The smallest absolute Gasteiger partial charge is 0.321 e. The number of hydrogen-bond acceptors (Lipinski definition) is 5. The summed E-state index contributed by atoms with van der Waals surface area (Å²) in [5, 5.41) is 8.54. The zero-order valence-corrected chi connectivity index (χ0v) is 11.8. The first-order chi connectivity index (χ1) is 8.16. The Kier molecular flexibility index (Phi) is 7.33. The lowest BCUT2D eigenvalue weighted by Gasteiger charge is -2.19. The van der Waals surface area contributed by atoms with E-state index in [0.717, 1.165) is 10.8 Å². The molecule has 0 amide bonds. The Labute approximate surface area is 108 Å². The van der Waals surface area contributed by atoms with Gasteiger partial charge in [0.25, 0.3) is 10.2 Å². The molecule has 0 aromatic carbocycles. The van der Waals surface area contributed by atoms with Gasteiger partial charge in [0, 0.05) is 20.1 Å². The van der Waals surface area contributed by atoms with Crippen LogP contribution in [0.4, 0.5) is 0 Å². The molecule has 0 spiro atoms. The van der Waals surface area contributed by atoms with E-state index >= 15 is 0 Å². The number of hydrogen-bond donors (Lipinski definition) is 3. The number of carbonyl (C=O) groups is 1. The lowest BCUT2D eigenvalue weighted by molar-refractivity contribution is -0.138. The van der Waals surface area contributed by atoms with E-state index in [9.17, 15) is 13.2 Å². The standard InChI is InChI=1S/C9H22N4O4S/c1-12(2)5-4-6-13(3)18(16,17)11-7-8(10)9(14)15/h8,11H,4-7,10H2,1-3H3,(H,14,15)/t8-/m0/s1. The second-order valence-electron chi connectivity index (χ2n) is 4.28. The van der Waals surface area contributed by atoms with Crippen molar-refractivity contribution in [1.29, 1.82) is 0 Å². The third-order valence-electron chi connectivity index (χ3n) is 2.29. The molecule has 0 aliphatic rings. The molecule has 0 aromatic rings. The minimum Gasteiger partial charge on any atom is -0.480 e. The van der Waals surface area contributed by atoms with Crippen molar-refractivity contribution >= 4 is 16.2 Å². The average molecular weight is 282 g/mol. The number of carboxylic acid groups (broad SMARTS) is 1. The quantitative estimate of drug-likeness (QED) is 0.455. The van der Waals surface area contributed by atoms with E-state index in [2.05, 4.69) is 4.72 Å². The highest BCUT2D eigenvalue weighted by atomic mass is 32.2. The Hall–Kier alpha value is -0.740. The molecule has 0 fully saturated rings. The van der Waals surface area contributed by atoms with Crippen LogP contribution in [0.3, 0.4) is 0 Å². The molecule has 0 bridgehead atoms. The summed E-state index contributed by atoms with van der Waals surface area (Å²) in [5.74, 6) is -1.24. The van der Waals surface area contributed by atoms with Crippen LogP contribution < -0.4 is 10.5 Å². The summed E-state index contributed by atoms with van der Waals surface area (Å²) < 4.78 is 26.7. The van der Waals surface area contributed by atoms with Gasteiger partial charge in [0.2, 0.25) is 0 Å². The Morgan fingerprint density at radius 1 is 1.33 bits per heavy atom. The second-order valence-corrected chi connectivity index (χ2v) is 6.14. The molecule has 0 radical (unpaired) electrons. The van der Waals surface area contributed by atoms with Crippen LogP contribution >= 0.6 is 0 Å². The zero-order valence-electron chi connectivity index (χ0n) is 11.0. The van der Waals surface area contributed by atoms with Crippen LogP contribution in [0, 0.1) is 0 Å². The molecule has 0 saturated carbocycles. The van der Waals surface area contributed by atoms with Crippen molar-refractivity contribution in [3.63, 3.8) is 0 Å². The molecule has 0 rings (SSSR count). The largest absolute Gasteiger partial charge is 0.480 e. The van der Waals surface area contributed by atoms with E-state index in [1.807, 2.05) is 19.0 Å². The Bertz CT molecular complexity index is 358. The summed E-state index contributed by atoms with van der Waals surface area (Å²) in [6.07, 6.45) is 0.690. The molecule has 1 atom stereocenters. The van der Waals surface area contributed by atoms with Gasteiger partial charge in [-0.1, -0.05) is 0 Å². The van der Waals surface area contributed by atoms with Crippen LogP contribution in [0.25, 0.3) is 0 Å². The van der Waals surface area contributed by atoms with E-state index < -0.39 is 22.2 Å². The first kappa shape index (κ1) is 17.3. The number of carboxylic acids is 1. The first-order valence-electron chi connectivity index (χ1n) is 5.51. The number of aliphatic carboxylic acids is 1. The van der Waals surface area contributed by atoms with Crippen molar-refractivity contribution in [2.24, 2.45) is 5.73 Å². The fourth-order valence-electron chi connectivity index (χ4n) is 1.12. The molecule has 9 heteroatoms. The van der Waals surface area contributed by atoms with Gasteiger partial charge in [-0.2, -0.15) is 17.4 Å². The van der Waals surface area contributed by atoms with Gasteiger partial charge in [-0.25, -0.2) is 0 Å². The predicted octanol–water partition coefficient (Wildman–Crippen LogP) is -1.88. The summed E-state index contributed by atoms with van der Waals surface area (Å²) in [5.41, 5.74) is 5.21. The van der Waals surface area contributed by atoms with Crippen LogP contribution in [-0.4, -0.2) is 75.5 Å². The molecular formula is C9H22N4O4S. The SMILES string of the molecule is CN(C)CCCN(C)S(=O)(=O)NC[C@H](N)C(=O)O. The molecule has 0 saturated heterocycles. The molecule has 0 aromatic heterocycles. The lowest BCUT2D eigenvalue weighted by atomic mass is 10.3. The van der Waals surface area contributed by atoms with Gasteiger partial charge in [-0.05, 0) is 27.1 Å². The normalized spacial score (nSPS) is 14.1.